The summed E-state index contributed by atoms with van der Waals surface area (Å²) in [4.78, 5) is 5.75. The van der Waals surface area contributed by atoms with Gasteiger partial charge in [0.05, 0.1) is 17.9 Å². The van der Waals surface area contributed by atoms with Crippen LogP contribution in [0.5, 0.6) is 0 Å². The zero-order valence-corrected chi connectivity index (χ0v) is 12.8. The molecule has 2 nitrogen and oxygen atoms in total. The molecule has 0 bridgehead atoms. The Bertz CT molecular complexity index is 663. The fraction of sp³-hybridized carbons (Fsp3) is 0.438. The van der Waals surface area contributed by atoms with Crippen molar-refractivity contribution in [2.75, 3.05) is 6.61 Å². The Morgan fingerprint density at radius 1 is 1.23 bits per heavy atom. The molecule has 2 unspecified atom stereocenters. The average Bonchev–Trinajstić information content (AvgIpc) is 2.93. The smallest absolute Gasteiger partial charge is 0.396 e. The van der Waals surface area contributed by atoms with Crippen LogP contribution in [0.1, 0.15) is 47.7 Å². The largest absolute Gasteiger partial charge is 0.416 e. The molecule has 0 aliphatic heterocycles. The van der Waals surface area contributed by atoms with Crippen LogP contribution in [-0.4, -0.2) is 16.7 Å². The van der Waals surface area contributed by atoms with E-state index in [1.807, 2.05) is 0 Å². The van der Waals surface area contributed by atoms with Crippen molar-refractivity contribution < 1.29 is 18.3 Å². The van der Waals surface area contributed by atoms with Gasteiger partial charge in [-0.15, -0.1) is 11.3 Å². The maximum Gasteiger partial charge on any atom is 0.416 e. The Hall–Kier alpha value is -1.40. The summed E-state index contributed by atoms with van der Waals surface area (Å²) in [6, 6.07) is 5.10. The first-order valence-corrected chi connectivity index (χ1v) is 8.01. The lowest BCUT2D eigenvalue weighted by Crippen LogP contribution is -2.14. The summed E-state index contributed by atoms with van der Waals surface area (Å²) in [6.45, 7) is 2.19. The number of aliphatic hydroxyl groups excluding tert-OH is 1. The van der Waals surface area contributed by atoms with Gasteiger partial charge in [0.2, 0.25) is 0 Å². The van der Waals surface area contributed by atoms with Gasteiger partial charge in [-0.1, -0.05) is 19.1 Å². The molecule has 6 heteroatoms. The van der Waals surface area contributed by atoms with Crippen molar-refractivity contribution in [3.05, 3.63) is 40.4 Å². The van der Waals surface area contributed by atoms with Crippen LogP contribution < -0.4 is 0 Å². The van der Waals surface area contributed by atoms with Crippen LogP contribution in [0.3, 0.4) is 0 Å². The Morgan fingerprint density at radius 3 is 2.50 bits per heavy atom. The van der Waals surface area contributed by atoms with Crippen molar-refractivity contribution in [2.24, 2.45) is 0 Å². The summed E-state index contributed by atoms with van der Waals surface area (Å²) in [5.74, 6) is 0.434. The number of halogens is 3. The van der Waals surface area contributed by atoms with Crippen molar-refractivity contribution in [1.82, 2.24) is 4.98 Å². The van der Waals surface area contributed by atoms with Crippen molar-refractivity contribution in [3.63, 3.8) is 0 Å². The highest BCUT2D eigenvalue weighted by atomic mass is 32.1. The number of hydrogen-bond acceptors (Lipinski definition) is 3. The number of nitrogens with zero attached hydrogens (tertiary/aromatic N) is 1. The molecule has 0 spiro atoms. The predicted octanol–water partition coefficient (Wildman–Crippen LogP) is 4.80. The lowest BCUT2D eigenvalue weighted by Gasteiger charge is -2.23. The van der Waals surface area contributed by atoms with E-state index in [2.05, 4.69) is 11.9 Å². The first-order chi connectivity index (χ1) is 10.4. The zero-order valence-electron chi connectivity index (χ0n) is 12.0. The summed E-state index contributed by atoms with van der Waals surface area (Å²) >= 11 is 1.53. The van der Waals surface area contributed by atoms with Crippen LogP contribution in [-0.2, 0) is 6.18 Å². The number of fused-ring (bicyclic) bond motifs is 1. The number of aromatic nitrogens is 1. The van der Waals surface area contributed by atoms with Gasteiger partial charge in [-0.3, -0.25) is 0 Å². The van der Waals surface area contributed by atoms with E-state index in [0.29, 0.717) is 11.5 Å². The van der Waals surface area contributed by atoms with Crippen molar-refractivity contribution in [3.8, 4) is 10.6 Å². The zero-order chi connectivity index (χ0) is 15.9. The minimum absolute atomic E-state index is 0.0469. The quantitative estimate of drug-likeness (QED) is 0.859. The maximum absolute atomic E-state index is 12.6. The molecule has 1 aliphatic carbocycles. The van der Waals surface area contributed by atoms with Gasteiger partial charge in [-0.2, -0.15) is 13.2 Å². The van der Waals surface area contributed by atoms with Crippen LogP contribution in [0, 0.1) is 0 Å². The van der Waals surface area contributed by atoms with E-state index in [1.165, 1.54) is 23.5 Å². The number of alkyl halides is 3. The fourth-order valence-electron chi connectivity index (χ4n) is 2.81. The monoisotopic (exact) mass is 327 g/mol. The van der Waals surface area contributed by atoms with E-state index >= 15 is 0 Å². The molecule has 0 fully saturated rings. The lowest BCUT2D eigenvalue weighted by molar-refractivity contribution is -0.137. The first kappa shape index (κ1) is 15.5. The van der Waals surface area contributed by atoms with Crippen LogP contribution in [0.25, 0.3) is 10.6 Å². The molecule has 1 aromatic carbocycles. The molecule has 22 heavy (non-hydrogen) atoms. The number of rotatable bonds is 2. The molecule has 1 aliphatic rings. The molecule has 2 atom stereocenters. The van der Waals surface area contributed by atoms with Crippen LogP contribution >= 0.6 is 11.3 Å². The fourth-order valence-corrected chi connectivity index (χ4v) is 4.05. The van der Waals surface area contributed by atoms with E-state index in [1.54, 1.807) is 0 Å². The standard InChI is InChI=1S/C16H16F3NOS/c1-9-2-3-11(8-21)13-14(9)22-15(20-13)10-4-6-12(7-5-10)16(17,18)19/h4-7,9,11,21H,2-3,8H2,1H3. The second-order valence-corrected chi connectivity index (χ2v) is 6.73. The minimum Gasteiger partial charge on any atom is -0.396 e. The van der Waals surface area contributed by atoms with Gasteiger partial charge in [0, 0.05) is 16.4 Å². The molecule has 0 amide bonds. The number of aliphatic hydroxyl groups is 1. The van der Waals surface area contributed by atoms with E-state index in [4.69, 9.17) is 0 Å². The summed E-state index contributed by atoms with van der Waals surface area (Å²) in [7, 11) is 0. The van der Waals surface area contributed by atoms with E-state index in [9.17, 15) is 18.3 Å². The highest BCUT2D eigenvalue weighted by Gasteiger charge is 2.31. The summed E-state index contributed by atoms with van der Waals surface area (Å²) in [5, 5.41) is 10.2. The number of thiazole rings is 1. The Kier molecular flexibility index (Phi) is 3.99. The molecule has 1 heterocycles. The number of hydrogen-bond donors (Lipinski definition) is 1. The van der Waals surface area contributed by atoms with Crippen LogP contribution in [0.2, 0.25) is 0 Å². The minimum atomic E-state index is -4.32. The Morgan fingerprint density at radius 2 is 1.91 bits per heavy atom. The van der Waals surface area contributed by atoms with E-state index in [0.717, 1.165) is 40.6 Å². The SMILES string of the molecule is CC1CCC(CO)c2nc(-c3ccc(C(F)(F)F)cc3)sc21. The van der Waals surface area contributed by atoms with Crippen molar-refractivity contribution in [2.45, 2.75) is 37.8 Å². The molecule has 118 valence electrons. The molecule has 2 aromatic rings. The van der Waals surface area contributed by atoms with E-state index < -0.39 is 11.7 Å². The van der Waals surface area contributed by atoms with Crippen LogP contribution in [0.15, 0.2) is 24.3 Å². The van der Waals surface area contributed by atoms with Crippen molar-refractivity contribution >= 4 is 11.3 Å². The van der Waals surface area contributed by atoms with Gasteiger partial charge in [-0.05, 0) is 30.9 Å². The van der Waals surface area contributed by atoms with Gasteiger partial charge >= 0.3 is 6.18 Å². The molecule has 3 rings (SSSR count). The summed E-state index contributed by atoms with van der Waals surface area (Å²) < 4.78 is 37.8. The topological polar surface area (TPSA) is 33.1 Å². The summed E-state index contributed by atoms with van der Waals surface area (Å²) in [5.41, 5.74) is 0.955. The highest BCUT2D eigenvalue weighted by molar-refractivity contribution is 7.15. The van der Waals surface area contributed by atoms with Gasteiger partial charge in [0.1, 0.15) is 5.01 Å². The van der Waals surface area contributed by atoms with Gasteiger partial charge < -0.3 is 5.11 Å². The number of benzene rings is 1. The van der Waals surface area contributed by atoms with E-state index in [-0.39, 0.29) is 12.5 Å². The van der Waals surface area contributed by atoms with Gasteiger partial charge in [0.15, 0.2) is 0 Å². The molecule has 0 saturated heterocycles. The lowest BCUT2D eigenvalue weighted by atomic mass is 9.86. The normalized spacial score (nSPS) is 21.7. The first-order valence-electron chi connectivity index (χ1n) is 7.19. The molecule has 0 saturated carbocycles. The second kappa shape index (κ2) is 5.66. The van der Waals surface area contributed by atoms with Gasteiger partial charge in [-0.25, -0.2) is 4.98 Å². The predicted molar refractivity (Wildman–Crippen MR) is 80.0 cm³/mol. The van der Waals surface area contributed by atoms with Crippen LogP contribution in [0.4, 0.5) is 13.2 Å². The second-order valence-electron chi connectivity index (χ2n) is 5.70. The maximum atomic E-state index is 12.6. The molecule has 1 N–H and O–H groups in total. The highest BCUT2D eigenvalue weighted by Crippen LogP contribution is 2.43. The third kappa shape index (κ3) is 2.77. The van der Waals surface area contributed by atoms with Crippen molar-refractivity contribution in [1.29, 1.82) is 0 Å². The molecular weight excluding hydrogens is 311 g/mol. The Balaban J connectivity index is 1.96. The summed E-state index contributed by atoms with van der Waals surface area (Å²) in [6.07, 6.45) is -2.41. The average molecular weight is 327 g/mol. The Labute approximate surface area is 130 Å². The third-order valence-corrected chi connectivity index (χ3v) is 5.49. The third-order valence-electron chi connectivity index (χ3n) is 4.14. The van der Waals surface area contributed by atoms with Gasteiger partial charge in [0.25, 0.3) is 0 Å². The molecular formula is C16H16F3NOS. The molecule has 0 radical (unpaired) electrons. The molecule has 1 aromatic heterocycles.